The smallest absolute Gasteiger partial charge is 0.237 e. The first-order chi connectivity index (χ1) is 9.47. The fourth-order valence-electron chi connectivity index (χ4n) is 1.58. The van der Waals surface area contributed by atoms with Crippen LogP contribution in [0.25, 0.3) is 0 Å². The molecule has 0 saturated carbocycles. The Kier molecular flexibility index (Phi) is 4.29. The molecular formula is C13H11F2NO3S. The number of nitrogens with one attached hydrogen (secondary N) is 1. The highest BCUT2D eigenvalue weighted by atomic mass is 32.2. The Bertz CT molecular complexity index is 669. The zero-order chi connectivity index (χ0) is 14.7. The van der Waals surface area contributed by atoms with E-state index in [0.717, 1.165) is 12.1 Å². The van der Waals surface area contributed by atoms with E-state index in [1.54, 1.807) is 6.92 Å². The molecule has 0 spiro atoms. The Morgan fingerprint density at radius 1 is 1.35 bits per heavy atom. The number of rotatable bonds is 4. The summed E-state index contributed by atoms with van der Waals surface area (Å²) in [5, 5.41) is 2.25. The van der Waals surface area contributed by atoms with Gasteiger partial charge in [0.15, 0.2) is 0 Å². The van der Waals surface area contributed by atoms with Crippen molar-refractivity contribution in [3.05, 3.63) is 47.9 Å². The topological polar surface area (TPSA) is 59.3 Å². The molecule has 1 amide bonds. The van der Waals surface area contributed by atoms with Crippen molar-refractivity contribution in [2.45, 2.75) is 11.8 Å². The SMILES string of the molecule is Cc1occc1[S@](=O)CC(=O)Nc1ccc(F)cc1F. The van der Waals surface area contributed by atoms with Gasteiger partial charge in [0, 0.05) is 6.07 Å². The zero-order valence-corrected chi connectivity index (χ0v) is 11.3. The molecule has 1 heterocycles. The lowest BCUT2D eigenvalue weighted by Crippen LogP contribution is -2.20. The maximum Gasteiger partial charge on any atom is 0.237 e. The minimum absolute atomic E-state index is 0.155. The number of hydrogen-bond acceptors (Lipinski definition) is 3. The van der Waals surface area contributed by atoms with E-state index in [4.69, 9.17) is 4.42 Å². The average molecular weight is 299 g/mol. The first-order valence-corrected chi connectivity index (χ1v) is 6.96. The standard InChI is InChI=1S/C13H11F2NO3S/c1-8-12(4-5-19-8)20(18)7-13(17)16-11-3-2-9(14)6-10(11)15/h2-6H,7H2,1H3,(H,16,17)/t20-/m1/s1. The summed E-state index contributed by atoms with van der Waals surface area (Å²) in [6, 6.07) is 4.30. The van der Waals surface area contributed by atoms with E-state index >= 15 is 0 Å². The summed E-state index contributed by atoms with van der Waals surface area (Å²) in [6.45, 7) is 1.63. The normalized spacial score (nSPS) is 12.2. The third-order valence-corrected chi connectivity index (χ3v) is 3.96. The van der Waals surface area contributed by atoms with E-state index in [2.05, 4.69) is 5.32 Å². The van der Waals surface area contributed by atoms with Crippen molar-refractivity contribution in [1.29, 1.82) is 0 Å². The predicted octanol–water partition coefficient (Wildman–Crippen LogP) is 2.61. The van der Waals surface area contributed by atoms with E-state index < -0.39 is 28.3 Å². The molecule has 1 aromatic heterocycles. The Balaban J connectivity index is 2.03. The van der Waals surface area contributed by atoms with Crippen LogP contribution in [0.2, 0.25) is 0 Å². The van der Waals surface area contributed by atoms with Crippen LogP contribution in [0, 0.1) is 18.6 Å². The maximum atomic E-state index is 13.3. The van der Waals surface area contributed by atoms with Crippen LogP contribution in [-0.2, 0) is 15.6 Å². The highest BCUT2D eigenvalue weighted by Gasteiger charge is 2.15. The van der Waals surface area contributed by atoms with Crippen molar-refractivity contribution in [2.24, 2.45) is 0 Å². The van der Waals surface area contributed by atoms with Gasteiger partial charge in [-0.3, -0.25) is 9.00 Å². The monoisotopic (exact) mass is 299 g/mol. The number of halogens is 2. The summed E-state index contributed by atoms with van der Waals surface area (Å²) in [4.78, 5) is 12.1. The molecule has 0 aliphatic heterocycles. The number of hydrogen-bond donors (Lipinski definition) is 1. The van der Waals surface area contributed by atoms with Crippen LogP contribution in [0.5, 0.6) is 0 Å². The molecule has 1 N–H and O–H groups in total. The van der Waals surface area contributed by atoms with Crippen LogP contribution in [-0.4, -0.2) is 15.9 Å². The minimum atomic E-state index is -1.58. The van der Waals surface area contributed by atoms with Crippen LogP contribution in [0.4, 0.5) is 14.5 Å². The summed E-state index contributed by atoms with van der Waals surface area (Å²) in [5.41, 5.74) is -0.155. The van der Waals surface area contributed by atoms with Crippen LogP contribution in [0.15, 0.2) is 39.8 Å². The highest BCUT2D eigenvalue weighted by Crippen LogP contribution is 2.16. The van der Waals surface area contributed by atoms with Gasteiger partial charge in [0.2, 0.25) is 5.91 Å². The summed E-state index contributed by atoms with van der Waals surface area (Å²) < 4.78 is 42.9. The Labute approximate surface area is 116 Å². The van der Waals surface area contributed by atoms with E-state index in [-0.39, 0.29) is 11.4 Å². The number of benzene rings is 1. The number of aryl methyl sites for hydroxylation is 1. The fourth-order valence-corrected chi connectivity index (χ4v) is 2.63. The molecule has 20 heavy (non-hydrogen) atoms. The fraction of sp³-hybridized carbons (Fsp3) is 0.154. The second-order valence-corrected chi connectivity index (χ2v) is 5.42. The van der Waals surface area contributed by atoms with Crippen molar-refractivity contribution in [3.8, 4) is 0 Å². The molecule has 0 unspecified atom stereocenters. The van der Waals surface area contributed by atoms with Crippen molar-refractivity contribution < 1.29 is 22.2 Å². The van der Waals surface area contributed by atoms with Gasteiger partial charge in [-0.2, -0.15) is 0 Å². The van der Waals surface area contributed by atoms with Crippen molar-refractivity contribution in [3.63, 3.8) is 0 Å². The van der Waals surface area contributed by atoms with Crippen molar-refractivity contribution >= 4 is 22.4 Å². The molecule has 2 aromatic rings. The van der Waals surface area contributed by atoms with Crippen LogP contribution >= 0.6 is 0 Å². The number of anilines is 1. The molecule has 0 bridgehead atoms. The van der Waals surface area contributed by atoms with Crippen LogP contribution in [0.3, 0.4) is 0 Å². The van der Waals surface area contributed by atoms with Gasteiger partial charge in [-0.15, -0.1) is 0 Å². The van der Waals surface area contributed by atoms with Gasteiger partial charge < -0.3 is 9.73 Å². The van der Waals surface area contributed by atoms with Gasteiger partial charge >= 0.3 is 0 Å². The zero-order valence-electron chi connectivity index (χ0n) is 10.5. The third kappa shape index (κ3) is 3.30. The number of carbonyl (C=O) groups is 1. The largest absolute Gasteiger partial charge is 0.468 e. The Morgan fingerprint density at radius 3 is 2.70 bits per heavy atom. The predicted molar refractivity (Wildman–Crippen MR) is 69.7 cm³/mol. The number of amides is 1. The molecule has 1 atom stereocenters. The van der Waals surface area contributed by atoms with Crippen LogP contribution in [0.1, 0.15) is 5.76 Å². The molecule has 106 valence electrons. The summed E-state index contributed by atoms with van der Waals surface area (Å²) in [5.74, 6) is -2.13. The second kappa shape index (κ2) is 5.96. The molecule has 7 heteroatoms. The van der Waals surface area contributed by atoms with Crippen LogP contribution < -0.4 is 5.32 Å². The quantitative estimate of drug-likeness (QED) is 0.944. The Morgan fingerprint density at radius 2 is 2.10 bits per heavy atom. The van der Waals surface area contributed by atoms with E-state index in [0.29, 0.717) is 16.7 Å². The third-order valence-electron chi connectivity index (χ3n) is 2.52. The Hall–Kier alpha value is -2.02. The van der Waals surface area contributed by atoms with Gasteiger partial charge in [-0.1, -0.05) is 0 Å². The van der Waals surface area contributed by atoms with Crippen molar-refractivity contribution in [2.75, 3.05) is 11.1 Å². The molecule has 1 aromatic carbocycles. The lowest BCUT2D eigenvalue weighted by Gasteiger charge is -2.06. The lowest BCUT2D eigenvalue weighted by molar-refractivity contribution is -0.113. The van der Waals surface area contributed by atoms with Gasteiger partial charge in [0.05, 0.1) is 27.6 Å². The van der Waals surface area contributed by atoms with Gasteiger partial charge in [0.1, 0.15) is 23.1 Å². The maximum absolute atomic E-state index is 13.3. The van der Waals surface area contributed by atoms with E-state index in [1.807, 2.05) is 0 Å². The molecule has 2 rings (SSSR count). The minimum Gasteiger partial charge on any atom is -0.468 e. The van der Waals surface area contributed by atoms with E-state index in [9.17, 15) is 17.8 Å². The molecule has 0 aliphatic carbocycles. The van der Waals surface area contributed by atoms with Gasteiger partial charge in [0.25, 0.3) is 0 Å². The molecule has 0 radical (unpaired) electrons. The number of carbonyl (C=O) groups excluding carboxylic acids is 1. The van der Waals surface area contributed by atoms with Gasteiger partial charge in [-0.05, 0) is 25.1 Å². The first-order valence-electron chi connectivity index (χ1n) is 5.64. The summed E-state index contributed by atoms with van der Waals surface area (Å²) in [6.07, 6.45) is 1.38. The second-order valence-electron chi connectivity index (χ2n) is 4.00. The first kappa shape index (κ1) is 14.4. The lowest BCUT2D eigenvalue weighted by atomic mass is 10.3. The average Bonchev–Trinajstić information content (AvgIpc) is 2.79. The molecule has 0 fully saturated rings. The molecular weight excluding hydrogens is 288 g/mol. The van der Waals surface area contributed by atoms with Gasteiger partial charge in [-0.25, -0.2) is 8.78 Å². The molecule has 4 nitrogen and oxygen atoms in total. The summed E-state index contributed by atoms with van der Waals surface area (Å²) >= 11 is 0. The summed E-state index contributed by atoms with van der Waals surface area (Å²) in [7, 11) is -1.58. The highest BCUT2D eigenvalue weighted by molar-refractivity contribution is 7.85. The van der Waals surface area contributed by atoms with E-state index in [1.165, 1.54) is 12.3 Å². The molecule has 0 aliphatic rings. The molecule has 0 saturated heterocycles. The number of furan rings is 1. The van der Waals surface area contributed by atoms with Crippen molar-refractivity contribution in [1.82, 2.24) is 0 Å².